The van der Waals surface area contributed by atoms with Crippen LogP contribution in [0.15, 0.2) is 78.4 Å². The van der Waals surface area contributed by atoms with Gasteiger partial charge in [0.05, 0.1) is 10.6 Å². The van der Waals surface area contributed by atoms with E-state index in [-0.39, 0.29) is 5.69 Å². The molecule has 0 bridgehead atoms. The maximum Gasteiger partial charge on any atom is 0.269 e. The fourth-order valence-corrected chi connectivity index (χ4v) is 2.39. The summed E-state index contributed by atoms with van der Waals surface area (Å²) in [6.45, 7) is 0. The van der Waals surface area contributed by atoms with Gasteiger partial charge < -0.3 is 4.79 Å². The Balaban J connectivity index is 0.000000269. The first kappa shape index (κ1) is 22.4. The van der Waals surface area contributed by atoms with Gasteiger partial charge in [0.15, 0.2) is 0 Å². The van der Waals surface area contributed by atoms with Gasteiger partial charge in [0, 0.05) is 49.6 Å². The minimum atomic E-state index is -0.430. The van der Waals surface area contributed by atoms with Crippen LogP contribution >= 0.6 is 0 Å². The SMILES string of the molecule is O=CCCc1cccnc1.O=[N+]([O-])c1ccc(NN=CCCc2cccnc2)cc1. The fourth-order valence-electron chi connectivity index (χ4n) is 2.39. The maximum atomic E-state index is 10.5. The summed E-state index contributed by atoms with van der Waals surface area (Å²) in [5.41, 5.74) is 5.89. The first-order valence-corrected chi connectivity index (χ1v) is 9.42. The normalized spacial score (nSPS) is 10.1. The number of nitrogens with zero attached hydrogens (tertiary/aromatic N) is 4. The number of aryl methyl sites for hydroxylation is 2. The molecule has 0 aliphatic heterocycles. The van der Waals surface area contributed by atoms with Crippen molar-refractivity contribution in [3.05, 3.63) is 94.6 Å². The van der Waals surface area contributed by atoms with Crippen LogP contribution in [0.1, 0.15) is 24.0 Å². The van der Waals surface area contributed by atoms with E-state index in [1.807, 2.05) is 30.5 Å². The summed E-state index contributed by atoms with van der Waals surface area (Å²) < 4.78 is 0. The molecule has 1 aromatic carbocycles. The number of hydrogen-bond acceptors (Lipinski definition) is 7. The van der Waals surface area contributed by atoms with Gasteiger partial charge in [-0.15, -0.1) is 0 Å². The Morgan fingerprint density at radius 1 is 0.933 bits per heavy atom. The van der Waals surface area contributed by atoms with Crippen molar-refractivity contribution in [3.8, 4) is 0 Å². The highest BCUT2D eigenvalue weighted by atomic mass is 16.6. The number of pyridine rings is 2. The van der Waals surface area contributed by atoms with Gasteiger partial charge in [0.2, 0.25) is 0 Å². The van der Waals surface area contributed by atoms with Crippen LogP contribution in [0.2, 0.25) is 0 Å². The smallest absolute Gasteiger partial charge is 0.269 e. The first-order chi connectivity index (χ1) is 14.7. The molecule has 0 aliphatic rings. The molecule has 0 saturated carbocycles. The topological polar surface area (TPSA) is 110 Å². The van der Waals surface area contributed by atoms with E-state index in [1.54, 1.807) is 36.9 Å². The summed E-state index contributed by atoms with van der Waals surface area (Å²) >= 11 is 0. The molecule has 0 saturated heterocycles. The molecule has 0 spiro atoms. The molecule has 0 radical (unpaired) electrons. The predicted molar refractivity (Wildman–Crippen MR) is 116 cm³/mol. The third kappa shape index (κ3) is 8.83. The number of carbonyl (C=O) groups is 1. The third-order valence-corrected chi connectivity index (χ3v) is 3.92. The molecule has 30 heavy (non-hydrogen) atoms. The average molecular weight is 405 g/mol. The van der Waals surface area contributed by atoms with E-state index in [0.29, 0.717) is 12.1 Å². The van der Waals surface area contributed by atoms with E-state index >= 15 is 0 Å². The molecule has 0 amide bonds. The van der Waals surface area contributed by atoms with Gasteiger partial charge in [-0.1, -0.05) is 12.1 Å². The monoisotopic (exact) mass is 405 g/mol. The number of hydrazone groups is 1. The van der Waals surface area contributed by atoms with Crippen LogP contribution in [0.3, 0.4) is 0 Å². The third-order valence-electron chi connectivity index (χ3n) is 3.92. The number of benzene rings is 1. The summed E-state index contributed by atoms with van der Waals surface area (Å²) in [6, 6.07) is 13.9. The van der Waals surface area contributed by atoms with Crippen LogP contribution in [-0.4, -0.2) is 27.4 Å². The van der Waals surface area contributed by atoms with Gasteiger partial charge in [-0.2, -0.15) is 5.10 Å². The lowest BCUT2D eigenvalue weighted by Crippen LogP contribution is -1.92. The number of carbonyl (C=O) groups excluding carboxylic acids is 1. The summed E-state index contributed by atoms with van der Waals surface area (Å²) in [7, 11) is 0. The number of rotatable bonds is 9. The second-order valence-electron chi connectivity index (χ2n) is 6.19. The van der Waals surface area contributed by atoms with Crippen LogP contribution in [0.4, 0.5) is 11.4 Å². The molecular weight excluding hydrogens is 382 g/mol. The highest BCUT2D eigenvalue weighted by molar-refractivity contribution is 5.60. The standard InChI is InChI=1S/C14H14N4O2.C8H9NO/c19-18(20)14-7-5-13(6-8-14)17-16-10-2-4-12-3-1-9-15-11-12;10-6-2-4-8-3-1-5-9-7-8/h1,3,5-11,17H,2,4H2;1,3,5-7H,2,4H2. The maximum absolute atomic E-state index is 10.5. The lowest BCUT2D eigenvalue weighted by Gasteiger charge is -1.99. The molecule has 2 aromatic heterocycles. The van der Waals surface area contributed by atoms with Crippen molar-refractivity contribution < 1.29 is 9.72 Å². The Hall–Kier alpha value is -3.94. The van der Waals surface area contributed by atoms with E-state index < -0.39 is 4.92 Å². The van der Waals surface area contributed by atoms with Gasteiger partial charge in [-0.3, -0.25) is 25.5 Å². The number of nitrogens with one attached hydrogen (secondary N) is 1. The van der Waals surface area contributed by atoms with Gasteiger partial charge in [-0.25, -0.2) is 0 Å². The van der Waals surface area contributed by atoms with Crippen LogP contribution in [0.25, 0.3) is 0 Å². The zero-order valence-electron chi connectivity index (χ0n) is 16.4. The van der Waals surface area contributed by atoms with Gasteiger partial charge in [0.25, 0.3) is 5.69 Å². The van der Waals surface area contributed by atoms with Crippen LogP contribution < -0.4 is 5.43 Å². The molecule has 8 nitrogen and oxygen atoms in total. The Morgan fingerprint density at radius 2 is 1.53 bits per heavy atom. The molecular formula is C22H23N5O3. The Kier molecular flexibility index (Phi) is 9.89. The Morgan fingerprint density at radius 3 is 2.03 bits per heavy atom. The van der Waals surface area contributed by atoms with Gasteiger partial charge in [-0.05, 0) is 54.7 Å². The minimum Gasteiger partial charge on any atom is -0.303 e. The summed E-state index contributed by atoms with van der Waals surface area (Å²) in [6.07, 6.45) is 12.8. The molecule has 3 rings (SSSR count). The lowest BCUT2D eigenvalue weighted by molar-refractivity contribution is -0.384. The van der Waals surface area contributed by atoms with Crippen molar-refractivity contribution in [3.63, 3.8) is 0 Å². The van der Waals surface area contributed by atoms with Crippen LogP contribution in [-0.2, 0) is 17.6 Å². The van der Waals surface area contributed by atoms with Crippen molar-refractivity contribution in [2.24, 2.45) is 5.10 Å². The second-order valence-corrected chi connectivity index (χ2v) is 6.19. The lowest BCUT2D eigenvalue weighted by atomic mass is 10.2. The number of nitro benzene ring substituents is 1. The number of nitro groups is 1. The average Bonchev–Trinajstić information content (AvgIpc) is 2.79. The van der Waals surface area contributed by atoms with Crippen LogP contribution in [0, 0.1) is 10.1 Å². The Labute approximate surface area is 174 Å². The number of aromatic nitrogens is 2. The van der Waals surface area contributed by atoms with Crippen molar-refractivity contribution in [2.45, 2.75) is 25.7 Å². The van der Waals surface area contributed by atoms with Crippen molar-refractivity contribution in [2.75, 3.05) is 5.43 Å². The van der Waals surface area contributed by atoms with Crippen molar-refractivity contribution in [1.29, 1.82) is 0 Å². The molecule has 154 valence electrons. The number of aldehydes is 1. The molecule has 0 fully saturated rings. The summed E-state index contributed by atoms with van der Waals surface area (Å²) in [4.78, 5) is 28.0. The molecule has 0 atom stereocenters. The molecule has 3 aromatic rings. The van der Waals surface area contributed by atoms with E-state index in [1.165, 1.54) is 12.1 Å². The van der Waals surface area contributed by atoms with E-state index in [2.05, 4.69) is 20.5 Å². The zero-order chi connectivity index (χ0) is 21.4. The molecule has 2 heterocycles. The van der Waals surface area contributed by atoms with E-state index in [9.17, 15) is 14.9 Å². The van der Waals surface area contributed by atoms with Crippen molar-refractivity contribution >= 4 is 23.9 Å². The zero-order valence-corrected chi connectivity index (χ0v) is 16.4. The predicted octanol–water partition coefficient (Wildman–Crippen LogP) is 4.23. The molecule has 0 aliphatic carbocycles. The number of non-ortho nitro benzene ring substituents is 1. The number of anilines is 1. The van der Waals surface area contributed by atoms with Gasteiger partial charge >= 0.3 is 0 Å². The second kappa shape index (κ2) is 13.3. The van der Waals surface area contributed by atoms with E-state index in [0.717, 1.165) is 36.7 Å². The highest BCUT2D eigenvalue weighted by Gasteiger charge is 2.02. The minimum absolute atomic E-state index is 0.0658. The van der Waals surface area contributed by atoms with Crippen molar-refractivity contribution in [1.82, 2.24) is 9.97 Å². The largest absolute Gasteiger partial charge is 0.303 e. The summed E-state index contributed by atoms with van der Waals surface area (Å²) in [5, 5.41) is 14.6. The highest BCUT2D eigenvalue weighted by Crippen LogP contribution is 2.15. The molecule has 8 heteroatoms. The fraction of sp³-hybridized carbons (Fsp3) is 0.182. The molecule has 1 N–H and O–H groups in total. The summed E-state index contributed by atoms with van der Waals surface area (Å²) in [5.74, 6) is 0. The van der Waals surface area contributed by atoms with Crippen LogP contribution in [0.5, 0.6) is 0 Å². The van der Waals surface area contributed by atoms with E-state index in [4.69, 9.17) is 0 Å². The Bertz CT molecular complexity index is 917. The van der Waals surface area contributed by atoms with Gasteiger partial charge in [0.1, 0.15) is 6.29 Å². The molecule has 0 unspecified atom stereocenters. The number of hydrogen-bond donors (Lipinski definition) is 1. The first-order valence-electron chi connectivity index (χ1n) is 9.42. The quantitative estimate of drug-likeness (QED) is 0.247.